The molecule has 0 amide bonds. The summed E-state index contributed by atoms with van der Waals surface area (Å²) < 4.78 is 15.9. The SMILES string of the molecule is CCOP(=O)(O)CC(=O)c1ccccc1. The van der Waals surface area contributed by atoms with Crippen LogP contribution in [-0.4, -0.2) is 23.4 Å². The highest BCUT2D eigenvalue weighted by atomic mass is 31.2. The minimum absolute atomic E-state index is 0.121. The summed E-state index contributed by atoms with van der Waals surface area (Å²) in [6.45, 7) is 1.73. The van der Waals surface area contributed by atoms with Crippen LogP contribution in [0.25, 0.3) is 0 Å². The minimum atomic E-state index is -3.76. The van der Waals surface area contributed by atoms with E-state index in [1.165, 1.54) is 0 Å². The third-order valence-electron chi connectivity index (χ3n) is 1.77. The molecule has 0 heterocycles. The Kier molecular flexibility index (Phi) is 4.21. The van der Waals surface area contributed by atoms with Crippen LogP contribution in [0, 0.1) is 0 Å². The van der Waals surface area contributed by atoms with Crippen LogP contribution >= 0.6 is 7.60 Å². The van der Waals surface area contributed by atoms with Crippen molar-refractivity contribution in [1.82, 2.24) is 0 Å². The van der Waals surface area contributed by atoms with Crippen molar-refractivity contribution in [2.45, 2.75) is 6.92 Å². The van der Waals surface area contributed by atoms with E-state index < -0.39 is 13.8 Å². The van der Waals surface area contributed by atoms with E-state index in [0.717, 1.165) is 0 Å². The largest absolute Gasteiger partial charge is 0.335 e. The van der Waals surface area contributed by atoms with Gasteiger partial charge in [0.15, 0.2) is 5.78 Å². The van der Waals surface area contributed by atoms with Crippen molar-refractivity contribution in [3.05, 3.63) is 35.9 Å². The second-order valence-electron chi connectivity index (χ2n) is 3.00. The lowest BCUT2D eigenvalue weighted by molar-refractivity contribution is 0.101. The zero-order valence-electron chi connectivity index (χ0n) is 8.42. The van der Waals surface area contributed by atoms with Crippen LogP contribution in [0.2, 0.25) is 0 Å². The van der Waals surface area contributed by atoms with Crippen molar-refractivity contribution in [3.8, 4) is 0 Å². The van der Waals surface area contributed by atoms with Gasteiger partial charge in [0.05, 0.1) is 6.61 Å². The molecule has 0 saturated carbocycles. The highest BCUT2D eigenvalue weighted by Crippen LogP contribution is 2.41. The van der Waals surface area contributed by atoms with E-state index in [-0.39, 0.29) is 12.4 Å². The summed E-state index contributed by atoms with van der Waals surface area (Å²) in [5.41, 5.74) is 0.423. The van der Waals surface area contributed by atoms with Crippen LogP contribution in [0.15, 0.2) is 30.3 Å². The molecular formula is C10H13O4P. The topological polar surface area (TPSA) is 63.6 Å². The number of carbonyl (C=O) groups is 1. The second-order valence-corrected chi connectivity index (χ2v) is 4.85. The predicted molar refractivity (Wildman–Crippen MR) is 57.1 cm³/mol. The Morgan fingerprint density at radius 1 is 1.40 bits per heavy atom. The number of benzene rings is 1. The first-order chi connectivity index (χ1) is 7.05. The van der Waals surface area contributed by atoms with Gasteiger partial charge in [0.1, 0.15) is 6.16 Å². The lowest BCUT2D eigenvalue weighted by atomic mass is 10.2. The highest BCUT2D eigenvalue weighted by Gasteiger charge is 2.23. The van der Waals surface area contributed by atoms with Gasteiger partial charge in [0.25, 0.3) is 0 Å². The minimum Gasteiger partial charge on any atom is -0.324 e. The molecule has 0 aliphatic carbocycles. The van der Waals surface area contributed by atoms with Gasteiger partial charge in [-0.3, -0.25) is 9.36 Å². The maximum absolute atomic E-state index is 11.5. The molecule has 5 heteroatoms. The first-order valence-corrected chi connectivity index (χ1v) is 6.36. The van der Waals surface area contributed by atoms with Crippen molar-refractivity contribution >= 4 is 13.4 Å². The third kappa shape index (κ3) is 3.96. The first kappa shape index (κ1) is 12.1. The number of hydrogen-bond acceptors (Lipinski definition) is 3. The van der Waals surface area contributed by atoms with E-state index in [1.54, 1.807) is 37.3 Å². The zero-order chi connectivity index (χ0) is 11.3. The second kappa shape index (κ2) is 5.21. The molecule has 0 spiro atoms. The molecular weight excluding hydrogens is 215 g/mol. The Morgan fingerprint density at radius 2 is 2.00 bits per heavy atom. The number of ketones is 1. The summed E-state index contributed by atoms with van der Waals surface area (Å²) in [4.78, 5) is 20.8. The number of hydrogen-bond donors (Lipinski definition) is 1. The summed E-state index contributed by atoms with van der Waals surface area (Å²) in [5.74, 6) is -0.380. The van der Waals surface area contributed by atoms with Gasteiger partial charge in [-0.15, -0.1) is 0 Å². The summed E-state index contributed by atoms with van der Waals surface area (Å²) in [7, 11) is -3.76. The molecule has 15 heavy (non-hydrogen) atoms. The Hall–Kier alpha value is -0.960. The summed E-state index contributed by atoms with van der Waals surface area (Å²) in [6, 6.07) is 8.40. The normalized spacial score (nSPS) is 14.5. The Bertz CT molecular complexity index is 374. The summed E-state index contributed by atoms with van der Waals surface area (Å²) in [6.07, 6.45) is -0.467. The van der Waals surface area contributed by atoms with Gasteiger partial charge in [0, 0.05) is 5.56 Å². The van der Waals surface area contributed by atoms with E-state index in [0.29, 0.717) is 5.56 Å². The summed E-state index contributed by atoms with van der Waals surface area (Å²) >= 11 is 0. The molecule has 1 aromatic rings. The molecule has 0 radical (unpaired) electrons. The van der Waals surface area contributed by atoms with Gasteiger partial charge in [-0.2, -0.15) is 0 Å². The molecule has 82 valence electrons. The smallest absolute Gasteiger partial charge is 0.324 e. The molecule has 0 fully saturated rings. The fraction of sp³-hybridized carbons (Fsp3) is 0.300. The molecule has 1 aromatic carbocycles. The molecule has 1 unspecified atom stereocenters. The average Bonchev–Trinajstić information content (AvgIpc) is 2.18. The van der Waals surface area contributed by atoms with Crippen LogP contribution in [0.5, 0.6) is 0 Å². The molecule has 4 nitrogen and oxygen atoms in total. The predicted octanol–water partition coefficient (Wildman–Crippen LogP) is 2.09. The van der Waals surface area contributed by atoms with Gasteiger partial charge in [-0.25, -0.2) is 0 Å². The fourth-order valence-corrected chi connectivity index (χ4v) is 2.18. The molecule has 0 aliphatic heterocycles. The van der Waals surface area contributed by atoms with Crippen molar-refractivity contribution < 1.29 is 18.8 Å². The molecule has 0 aliphatic rings. The van der Waals surface area contributed by atoms with Crippen molar-refractivity contribution in [3.63, 3.8) is 0 Å². The van der Waals surface area contributed by atoms with E-state index in [2.05, 4.69) is 4.52 Å². The van der Waals surface area contributed by atoms with Crippen LogP contribution in [-0.2, 0) is 9.09 Å². The Morgan fingerprint density at radius 3 is 2.53 bits per heavy atom. The summed E-state index contributed by atoms with van der Waals surface area (Å²) in [5, 5.41) is 0. The third-order valence-corrected chi connectivity index (χ3v) is 3.12. The maximum Gasteiger partial charge on any atom is 0.335 e. The van der Waals surface area contributed by atoms with Crippen LogP contribution in [0.4, 0.5) is 0 Å². The van der Waals surface area contributed by atoms with Crippen LogP contribution in [0.3, 0.4) is 0 Å². The molecule has 0 saturated heterocycles. The zero-order valence-corrected chi connectivity index (χ0v) is 9.31. The van der Waals surface area contributed by atoms with Gasteiger partial charge in [-0.1, -0.05) is 30.3 Å². The lowest BCUT2D eigenvalue weighted by Gasteiger charge is -2.09. The van der Waals surface area contributed by atoms with Gasteiger partial charge >= 0.3 is 7.60 Å². The van der Waals surface area contributed by atoms with Gasteiger partial charge < -0.3 is 9.42 Å². The average molecular weight is 228 g/mol. The standard InChI is InChI=1S/C10H13O4P/c1-2-14-15(12,13)8-10(11)9-6-4-3-5-7-9/h3-7H,2,8H2,1H3,(H,12,13). The van der Waals surface area contributed by atoms with E-state index >= 15 is 0 Å². The molecule has 0 bridgehead atoms. The van der Waals surface area contributed by atoms with E-state index in [4.69, 9.17) is 0 Å². The highest BCUT2D eigenvalue weighted by molar-refractivity contribution is 7.53. The molecule has 1 atom stereocenters. The van der Waals surface area contributed by atoms with Gasteiger partial charge in [-0.05, 0) is 6.92 Å². The quantitative estimate of drug-likeness (QED) is 0.619. The first-order valence-electron chi connectivity index (χ1n) is 4.60. The van der Waals surface area contributed by atoms with Crippen LogP contribution in [0.1, 0.15) is 17.3 Å². The lowest BCUT2D eigenvalue weighted by Crippen LogP contribution is -2.07. The molecule has 1 N–H and O–H groups in total. The monoisotopic (exact) mass is 228 g/mol. The molecule has 1 rings (SSSR count). The Balaban J connectivity index is 2.68. The molecule has 0 aromatic heterocycles. The van der Waals surface area contributed by atoms with E-state index in [1.807, 2.05) is 0 Å². The van der Waals surface area contributed by atoms with Crippen molar-refractivity contribution in [2.24, 2.45) is 0 Å². The maximum atomic E-state index is 11.5. The number of Topliss-reactive ketones (excluding diaryl/α,β-unsaturated/α-hetero) is 1. The van der Waals surface area contributed by atoms with Crippen LogP contribution < -0.4 is 0 Å². The number of carbonyl (C=O) groups excluding carboxylic acids is 1. The van der Waals surface area contributed by atoms with E-state index in [9.17, 15) is 14.3 Å². The van der Waals surface area contributed by atoms with Crippen molar-refractivity contribution in [2.75, 3.05) is 12.8 Å². The fourth-order valence-electron chi connectivity index (χ4n) is 1.14. The number of rotatable bonds is 5. The van der Waals surface area contributed by atoms with Crippen molar-refractivity contribution in [1.29, 1.82) is 0 Å². The van der Waals surface area contributed by atoms with Gasteiger partial charge in [0.2, 0.25) is 0 Å². The Labute approximate surface area is 88.4 Å².